The van der Waals surface area contributed by atoms with Crippen molar-refractivity contribution in [3.8, 4) is 0 Å². The lowest BCUT2D eigenvalue weighted by atomic mass is 10.1. The van der Waals surface area contributed by atoms with Gasteiger partial charge in [-0.1, -0.05) is 13.0 Å². The molecule has 0 aliphatic carbocycles. The van der Waals surface area contributed by atoms with E-state index in [1.54, 1.807) is 6.20 Å². The molecule has 112 valence electrons. The first kappa shape index (κ1) is 15.0. The topological polar surface area (TPSA) is 112 Å². The van der Waals surface area contributed by atoms with Crippen LogP contribution in [0.1, 0.15) is 28.4 Å². The predicted molar refractivity (Wildman–Crippen MR) is 76.9 cm³/mol. The highest BCUT2D eigenvalue weighted by atomic mass is 32.2. The summed E-state index contributed by atoms with van der Waals surface area (Å²) in [7, 11) is -3.89. The van der Waals surface area contributed by atoms with Gasteiger partial charge in [0.1, 0.15) is 5.82 Å². The first-order chi connectivity index (χ1) is 9.86. The molecule has 0 saturated carbocycles. The minimum Gasteiger partial charge on any atom is -0.478 e. The van der Waals surface area contributed by atoms with Crippen molar-refractivity contribution in [3.63, 3.8) is 0 Å². The monoisotopic (exact) mass is 309 g/mol. The first-order valence-electron chi connectivity index (χ1n) is 6.24. The molecule has 0 spiro atoms. The van der Waals surface area contributed by atoms with E-state index < -0.39 is 16.0 Å². The molecule has 2 aromatic rings. The number of anilines is 1. The van der Waals surface area contributed by atoms with Crippen LogP contribution in [-0.4, -0.2) is 29.7 Å². The van der Waals surface area contributed by atoms with Crippen LogP contribution in [0, 0.1) is 6.92 Å². The van der Waals surface area contributed by atoms with Crippen LogP contribution in [0.5, 0.6) is 0 Å². The van der Waals surface area contributed by atoms with Gasteiger partial charge in [0.2, 0.25) is 0 Å². The van der Waals surface area contributed by atoms with Crippen LogP contribution >= 0.6 is 0 Å². The zero-order valence-electron chi connectivity index (χ0n) is 11.5. The number of rotatable bonds is 5. The van der Waals surface area contributed by atoms with E-state index in [1.807, 2.05) is 6.92 Å². The molecule has 1 aromatic heterocycles. The smallest absolute Gasteiger partial charge is 0.335 e. The zero-order valence-corrected chi connectivity index (χ0v) is 12.4. The zero-order chi connectivity index (χ0) is 15.6. The molecule has 0 aliphatic heterocycles. The number of hydrogen-bond donors (Lipinski definition) is 3. The van der Waals surface area contributed by atoms with Gasteiger partial charge in [0, 0.05) is 5.56 Å². The number of carbonyl (C=O) groups is 1. The largest absolute Gasteiger partial charge is 0.478 e. The maximum absolute atomic E-state index is 12.4. The van der Waals surface area contributed by atoms with E-state index >= 15 is 0 Å². The number of aromatic amines is 1. The molecule has 0 fully saturated rings. The lowest BCUT2D eigenvalue weighted by molar-refractivity contribution is 0.0696. The van der Waals surface area contributed by atoms with Gasteiger partial charge in [-0.25, -0.2) is 13.2 Å². The van der Waals surface area contributed by atoms with Crippen molar-refractivity contribution in [2.24, 2.45) is 0 Å². The number of sulfonamides is 1. The maximum Gasteiger partial charge on any atom is 0.335 e. The molecule has 0 amide bonds. The van der Waals surface area contributed by atoms with Crippen LogP contribution in [0.4, 0.5) is 5.82 Å². The molecule has 21 heavy (non-hydrogen) atoms. The molecule has 3 N–H and O–H groups in total. The number of benzene rings is 1. The molecule has 0 atom stereocenters. The molecular weight excluding hydrogens is 294 g/mol. The van der Waals surface area contributed by atoms with Crippen LogP contribution in [-0.2, 0) is 16.4 Å². The van der Waals surface area contributed by atoms with Crippen LogP contribution < -0.4 is 4.72 Å². The highest BCUT2D eigenvalue weighted by molar-refractivity contribution is 7.92. The van der Waals surface area contributed by atoms with E-state index in [4.69, 9.17) is 5.11 Å². The van der Waals surface area contributed by atoms with E-state index in [-0.39, 0.29) is 21.8 Å². The van der Waals surface area contributed by atoms with Crippen molar-refractivity contribution >= 4 is 21.8 Å². The summed E-state index contributed by atoms with van der Waals surface area (Å²) in [5.41, 5.74) is 0.874. The molecule has 0 saturated heterocycles. The van der Waals surface area contributed by atoms with Gasteiger partial charge in [0.15, 0.2) is 0 Å². The summed E-state index contributed by atoms with van der Waals surface area (Å²) in [6.07, 6.45) is 2.15. The van der Waals surface area contributed by atoms with Crippen LogP contribution in [0.3, 0.4) is 0 Å². The van der Waals surface area contributed by atoms with E-state index in [2.05, 4.69) is 14.9 Å². The number of carboxylic acid groups (broad SMARTS) is 1. The number of aromatic nitrogens is 2. The van der Waals surface area contributed by atoms with Crippen molar-refractivity contribution in [1.29, 1.82) is 0 Å². The fourth-order valence-corrected chi connectivity index (χ4v) is 3.32. The second-order valence-electron chi connectivity index (χ2n) is 4.46. The Morgan fingerprint density at radius 2 is 2.14 bits per heavy atom. The molecule has 2 rings (SSSR count). The minimum absolute atomic E-state index is 0.0433. The number of hydrogen-bond acceptors (Lipinski definition) is 4. The van der Waals surface area contributed by atoms with Gasteiger partial charge in [-0.3, -0.25) is 9.82 Å². The Bertz CT molecular complexity index is 780. The minimum atomic E-state index is -3.89. The molecule has 0 bridgehead atoms. The molecule has 0 aliphatic rings. The maximum atomic E-state index is 12.4. The quantitative estimate of drug-likeness (QED) is 0.779. The fraction of sp³-hybridized carbons (Fsp3) is 0.231. The van der Waals surface area contributed by atoms with Crippen LogP contribution in [0.15, 0.2) is 29.3 Å². The Morgan fingerprint density at radius 3 is 2.76 bits per heavy atom. The summed E-state index contributed by atoms with van der Waals surface area (Å²) in [6.45, 7) is 3.34. The van der Waals surface area contributed by atoms with Crippen LogP contribution in [0.25, 0.3) is 0 Å². The number of aromatic carboxylic acids is 1. The number of nitrogens with one attached hydrogen (secondary N) is 2. The third-order valence-electron chi connectivity index (χ3n) is 3.14. The normalized spacial score (nSPS) is 11.3. The summed E-state index contributed by atoms with van der Waals surface area (Å²) in [6, 6.07) is 4.13. The van der Waals surface area contributed by atoms with Gasteiger partial charge in [-0.05, 0) is 31.0 Å². The summed E-state index contributed by atoms with van der Waals surface area (Å²) in [5.74, 6) is -0.877. The van der Waals surface area contributed by atoms with Gasteiger partial charge < -0.3 is 5.11 Å². The number of H-pyrrole nitrogens is 1. The highest BCUT2D eigenvalue weighted by Crippen LogP contribution is 2.22. The number of nitrogens with zero attached hydrogens (tertiary/aromatic N) is 1. The van der Waals surface area contributed by atoms with Gasteiger partial charge in [-0.2, -0.15) is 5.10 Å². The van der Waals surface area contributed by atoms with Gasteiger partial charge in [-0.15, -0.1) is 0 Å². The lowest BCUT2D eigenvalue weighted by Crippen LogP contribution is -2.17. The number of carboxylic acids is 1. The summed E-state index contributed by atoms with van der Waals surface area (Å²) in [5, 5.41) is 15.4. The molecule has 7 nitrogen and oxygen atoms in total. The third kappa shape index (κ3) is 2.89. The van der Waals surface area contributed by atoms with Crippen molar-refractivity contribution in [2.45, 2.75) is 25.2 Å². The van der Waals surface area contributed by atoms with E-state index in [1.165, 1.54) is 25.1 Å². The van der Waals surface area contributed by atoms with Gasteiger partial charge >= 0.3 is 5.97 Å². The Labute approximate surface area is 122 Å². The van der Waals surface area contributed by atoms with Crippen molar-refractivity contribution < 1.29 is 18.3 Å². The standard InChI is InChI=1S/C13H15N3O4S/c1-3-9-7-14-15-12(9)16-21(19,20)11-6-4-5-10(8(11)2)13(17)18/h4-7H,3H2,1-2H3,(H,17,18)(H2,14,15,16). The van der Waals surface area contributed by atoms with Crippen molar-refractivity contribution in [3.05, 3.63) is 41.1 Å². The van der Waals surface area contributed by atoms with E-state index in [0.29, 0.717) is 6.42 Å². The van der Waals surface area contributed by atoms with Gasteiger partial charge in [0.05, 0.1) is 16.7 Å². The van der Waals surface area contributed by atoms with Crippen molar-refractivity contribution in [2.75, 3.05) is 4.72 Å². The lowest BCUT2D eigenvalue weighted by Gasteiger charge is -2.11. The average Bonchev–Trinajstić information content (AvgIpc) is 2.84. The Balaban J connectivity index is 2.46. The molecule has 1 heterocycles. The SMILES string of the molecule is CCc1cn[nH]c1NS(=O)(=O)c1cccc(C(=O)O)c1C. The highest BCUT2D eigenvalue weighted by Gasteiger charge is 2.22. The first-order valence-corrected chi connectivity index (χ1v) is 7.73. The molecular formula is C13H15N3O4S. The average molecular weight is 309 g/mol. The Morgan fingerprint density at radius 1 is 1.43 bits per heavy atom. The third-order valence-corrected chi connectivity index (χ3v) is 4.63. The molecule has 0 unspecified atom stereocenters. The molecule has 8 heteroatoms. The summed E-state index contributed by atoms with van der Waals surface area (Å²) < 4.78 is 27.2. The van der Waals surface area contributed by atoms with E-state index in [9.17, 15) is 13.2 Å². The Kier molecular flexibility index (Phi) is 3.99. The van der Waals surface area contributed by atoms with Gasteiger partial charge in [0.25, 0.3) is 10.0 Å². The number of aryl methyl sites for hydroxylation is 1. The van der Waals surface area contributed by atoms with Crippen molar-refractivity contribution in [1.82, 2.24) is 10.2 Å². The second-order valence-corrected chi connectivity index (χ2v) is 6.11. The van der Waals surface area contributed by atoms with E-state index in [0.717, 1.165) is 5.56 Å². The molecule has 1 aromatic carbocycles. The second kappa shape index (κ2) is 5.57. The van der Waals surface area contributed by atoms with Crippen LogP contribution in [0.2, 0.25) is 0 Å². The molecule has 0 radical (unpaired) electrons. The predicted octanol–water partition coefficient (Wildman–Crippen LogP) is 1.78. The Hall–Kier alpha value is -2.35. The summed E-state index contributed by atoms with van der Waals surface area (Å²) in [4.78, 5) is 11.0. The summed E-state index contributed by atoms with van der Waals surface area (Å²) >= 11 is 0. The fourth-order valence-electron chi connectivity index (χ4n) is 1.99.